The molecule has 5 rings (SSSR count). The first-order valence-corrected chi connectivity index (χ1v) is 9.85. The van der Waals surface area contributed by atoms with Gasteiger partial charge in [-0.3, -0.25) is 4.79 Å². The van der Waals surface area contributed by atoms with E-state index in [-0.39, 0.29) is 0 Å². The van der Waals surface area contributed by atoms with E-state index in [1.165, 1.54) is 0 Å². The lowest BCUT2D eigenvalue weighted by Crippen LogP contribution is -2.32. The number of rotatable bonds is 5. The van der Waals surface area contributed by atoms with Gasteiger partial charge in [-0.25, -0.2) is 4.98 Å². The fourth-order valence-corrected chi connectivity index (χ4v) is 3.76. The standard InChI is InChI=1S/C21H22N6O3/c1-11(19(22)28)24-13-9-15-18-17(10-13)29-7-3-6-27(18)20(25-15)12-4-5-16-14(8-12)26-21(23-2)30-16/h4-5,8-11,24H,3,6-7H2,1-2H3,(H2,22,28)(H,23,26)/t11-/m0/s1. The Morgan fingerprint density at radius 1 is 1.23 bits per heavy atom. The Kier molecular flexibility index (Phi) is 4.23. The first-order valence-electron chi connectivity index (χ1n) is 9.85. The minimum atomic E-state index is -0.502. The van der Waals surface area contributed by atoms with Crippen molar-refractivity contribution in [2.45, 2.75) is 25.9 Å². The zero-order chi connectivity index (χ0) is 20.8. The summed E-state index contributed by atoms with van der Waals surface area (Å²) in [5, 5.41) is 6.04. The fourth-order valence-electron chi connectivity index (χ4n) is 3.76. The van der Waals surface area contributed by atoms with Crippen molar-refractivity contribution in [1.82, 2.24) is 14.5 Å². The van der Waals surface area contributed by atoms with Crippen LogP contribution in [0.15, 0.2) is 34.7 Å². The van der Waals surface area contributed by atoms with Crippen molar-refractivity contribution in [3.63, 3.8) is 0 Å². The Labute approximate surface area is 172 Å². The molecule has 0 aliphatic carbocycles. The number of carbonyl (C=O) groups is 1. The predicted molar refractivity (Wildman–Crippen MR) is 115 cm³/mol. The van der Waals surface area contributed by atoms with Gasteiger partial charge < -0.3 is 30.1 Å². The number of hydrogen-bond donors (Lipinski definition) is 3. The van der Waals surface area contributed by atoms with Gasteiger partial charge in [0.05, 0.1) is 12.1 Å². The highest BCUT2D eigenvalue weighted by molar-refractivity contribution is 5.91. The molecule has 0 unspecified atom stereocenters. The average molecular weight is 406 g/mol. The van der Waals surface area contributed by atoms with Crippen LogP contribution >= 0.6 is 0 Å². The van der Waals surface area contributed by atoms with Crippen molar-refractivity contribution in [2.75, 3.05) is 24.3 Å². The number of benzene rings is 2. The molecular formula is C21H22N6O3. The van der Waals surface area contributed by atoms with Crippen LogP contribution in [0.1, 0.15) is 13.3 Å². The number of amides is 1. The summed E-state index contributed by atoms with van der Waals surface area (Å²) in [6.45, 7) is 3.13. The van der Waals surface area contributed by atoms with Gasteiger partial charge >= 0.3 is 0 Å². The number of nitrogens with one attached hydrogen (secondary N) is 2. The zero-order valence-corrected chi connectivity index (χ0v) is 16.7. The van der Waals surface area contributed by atoms with Gasteiger partial charge in [-0.1, -0.05) is 0 Å². The summed E-state index contributed by atoms with van der Waals surface area (Å²) >= 11 is 0. The van der Waals surface area contributed by atoms with Crippen LogP contribution in [0.4, 0.5) is 11.7 Å². The van der Waals surface area contributed by atoms with Gasteiger partial charge in [0, 0.05) is 30.9 Å². The van der Waals surface area contributed by atoms with E-state index in [9.17, 15) is 4.79 Å². The van der Waals surface area contributed by atoms with Crippen molar-refractivity contribution in [3.8, 4) is 17.1 Å². The first-order chi connectivity index (χ1) is 14.5. The highest BCUT2D eigenvalue weighted by atomic mass is 16.5. The van der Waals surface area contributed by atoms with E-state index in [2.05, 4.69) is 20.2 Å². The molecule has 0 spiro atoms. The molecule has 0 saturated carbocycles. The van der Waals surface area contributed by atoms with Gasteiger partial charge in [0.15, 0.2) is 5.58 Å². The van der Waals surface area contributed by atoms with E-state index in [1.54, 1.807) is 14.0 Å². The van der Waals surface area contributed by atoms with Crippen molar-refractivity contribution < 1.29 is 13.9 Å². The van der Waals surface area contributed by atoms with Crippen LogP contribution in [0.3, 0.4) is 0 Å². The van der Waals surface area contributed by atoms with Gasteiger partial charge in [-0.2, -0.15) is 4.98 Å². The number of nitrogens with two attached hydrogens (primary N) is 1. The molecule has 0 fully saturated rings. The number of anilines is 2. The Hall–Kier alpha value is -3.75. The molecule has 1 amide bonds. The fraction of sp³-hybridized carbons (Fsp3) is 0.286. The topological polar surface area (TPSA) is 120 Å². The number of ether oxygens (including phenoxy) is 1. The van der Waals surface area contributed by atoms with Crippen LogP contribution in [-0.2, 0) is 11.3 Å². The molecule has 2 aromatic carbocycles. The molecular weight excluding hydrogens is 384 g/mol. The largest absolute Gasteiger partial charge is 0.491 e. The number of primary amides is 1. The number of aromatic nitrogens is 3. The van der Waals surface area contributed by atoms with E-state index in [0.29, 0.717) is 18.2 Å². The normalized spacial score (nSPS) is 14.3. The first kappa shape index (κ1) is 18.3. The number of hydrogen-bond acceptors (Lipinski definition) is 7. The molecule has 9 heteroatoms. The molecule has 154 valence electrons. The second kappa shape index (κ2) is 6.94. The van der Waals surface area contributed by atoms with Crippen molar-refractivity contribution >= 4 is 39.7 Å². The molecule has 1 aliphatic heterocycles. The molecule has 0 radical (unpaired) electrons. The monoisotopic (exact) mass is 406 g/mol. The quantitative estimate of drug-likeness (QED) is 0.466. The maximum Gasteiger partial charge on any atom is 0.295 e. The average Bonchev–Trinajstić information content (AvgIpc) is 3.24. The van der Waals surface area contributed by atoms with Crippen molar-refractivity contribution in [3.05, 3.63) is 30.3 Å². The van der Waals surface area contributed by atoms with Gasteiger partial charge in [-0.15, -0.1) is 0 Å². The summed E-state index contributed by atoms with van der Waals surface area (Å²) in [7, 11) is 1.77. The molecule has 2 aromatic heterocycles. The van der Waals surface area contributed by atoms with E-state index in [1.807, 2.05) is 30.3 Å². The maximum atomic E-state index is 11.5. The number of carbonyl (C=O) groups excluding carboxylic acids is 1. The molecule has 0 bridgehead atoms. The summed E-state index contributed by atoms with van der Waals surface area (Å²) in [6.07, 6.45) is 0.865. The summed E-state index contributed by atoms with van der Waals surface area (Å²) in [5.41, 5.74) is 10.3. The molecule has 3 heterocycles. The summed E-state index contributed by atoms with van der Waals surface area (Å²) in [5.74, 6) is 1.16. The van der Waals surface area contributed by atoms with Crippen molar-refractivity contribution in [1.29, 1.82) is 0 Å². The Morgan fingerprint density at radius 2 is 2.10 bits per heavy atom. The number of oxazole rings is 1. The molecule has 4 aromatic rings. The zero-order valence-electron chi connectivity index (χ0n) is 16.7. The van der Waals surface area contributed by atoms with Gasteiger partial charge in [0.25, 0.3) is 6.01 Å². The lowest BCUT2D eigenvalue weighted by molar-refractivity contribution is -0.118. The van der Waals surface area contributed by atoms with Gasteiger partial charge in [0.2, 0.25) is 5.91 Å². The lowest BCUT2D eigenvalue weighted by atomic mass is 10.2. The molecule has 0 saturated heterocycles. The van der Waals surface area contributed by atoms with Gasteiger partial charge in [-0.05, 0) is 37.6 Å². The van der Waals surface area contributed by atoms with Crippen molar-refractivity contribution in [2.24, 2.45) is 5.73 Å². The Bertz CT molecular complexity index is 1270. The highest BCUT2D eigenvalue weighted by Crippen LogP contribution is 2.36. The van der Waals surface area contributed by atoms with E-state index >= 15 is 0 Å². The van der Waals surface area contributed by atoms with E-state index < -0.39 is 11.9 Å². The molecule has 1 atom stereocenters. The molecule has 9 nitrogen and oxygen atoms in total. The minimum absolute atomic E-state index is 0.421. The third-order valence-corrected chi connectivity index (χ3v) is 5.26. The summed E-state index contributed by atoms with van der Waals surface area (Å²) in [4.78, 5) is 20.8. The number of nitrogens with zero attached hydrogens (tertiary/aromatic N) is 3. The predicted octanol–water partition coefficient (Wildman–Crippen LogP) is 2.95. The second-order valence-corrected chi connectivity index (χ2v) is 7.35. The van der Waals surface area contributed by atoms with E-state index in [4.69, 9.17) is 19.9 Å². The second-order valence-electron chi connectivity index (χ2n) is 7.35. The summed E-state index contributed by atoms with van der Waals surface area (Å²) < 4.78 is 13.8. The number of fused-ring (bicyclic) bond motifs is 1. The number of aryl methyl sites for hydroxylation is 1. The van der Waals surface area contributed by atoms with E-state index in [0.717, 1.165) is 52.3 Å². The Morgan fingerprint density at radius 3 is 2.90 bits per heavy atom. The smallest absolute Gasteiger partial charge is 0.295 e. The Balaban J connectivity index is 1.65. The van der Waals surface area contributed by atoms with Crippen LogP contribution in [0.25, 0.3) is 33.5 Å². The third kappa shape index (κ3) is 2.99. The molecule has 4 N–H and O–H groups in total. The molecule has 30 heavy (non-hydrogen) atoms. The number of imidazole rings is 1. The van der Waals surface area contributed by atoms with Crippen LogP contribution in [0, 0.1) is 0 Å². The van der Waals surface area contributed by atoms with Crippen LogP contribution in [-0.4, -0.2) is 40.1 Å². The highest BCUT2D eigenvalue weighted by Gasteiger charge is 2.21. The van der Waals surface area contributed by atoms with Crippen LogP contribution in [0.5, 0.6) is 5.75 Å². The third-order valence-electron chi connectivity index (χ3n) is 5.26. The van der Waals surface area contributed by atoms with Gasteiger partial charge in [0.1, 0.15) is 28.6 Å². The maximum absolute atomic E-state index is 11.5. The lowest BCUT2D eigenvalue weighted by Gasteiger charge is -2.13. The molecule has 1 aliphatic rings. The summed E-state index contributed by atoms with van der Waals surface area (Å²) in [6, 6.07) is 9.65. The van der Waals surface area contributed by atoms with Crippen LogP contribution < -0.4 is 21.1 Å². The minimum Gasteiger partial charge on any atom is -0.491 e. The van der Waals surface area contributed by atoms with Crippen LogP contribution in [0.2, 0.25) is 0 Å². The SMILES string of the molecule is CNc1nc2cc(-c3nc4cc(N[C@@H](C)C(N)=O)cc5c4n3CCCO5)ccc2o1.